The smallest absolute Gasteiger partial charge is 0.0610 e. The van der Waals surface area contributed by atoms with E-state index < -0.39 is 0 Å². The van der Waals surface area contributed by atoms with Gasteiger partial charge < -0.3 is 4.90 Å². The lowest BCUT2D eigenvalue weighted by atomic mass is 9.91. The first-order valence-corrected chi connectivity index (χ1v) is 15.6. The third kappa shape index (κ3) is 3.95. The van der Waals surface area contributed by atoms with Gasteiger partial charge in [0.2, 0.25) is 0 Å². The van der Waals surface area contributed by atoms with Crippen LogP contribution in [-0.2, 0) is 6.42 Å². The van der Waals surface area contributed by atoms with Crippen LogP contribution >= 0.6 is 11.8 Å². The van der Waals surface area contributed by atoms with Crippen LogP contribution in [0.1, 0.15) is 11.1 Å². The Kier molecular flexibility index (Phi) is 5.57. The lowest BCUT2D eigenvalue weighted by molar-refractivity contribution is 1.12. The zero-order chi connectivity index (χ0) is 28.3. The maximum absolute atomic E-state index is 2.48. The Morgan fingerprint density at radius 2 is 1.33 bits per heavy atom. The van der Waals surface area contributed by atoms with Crippen LogP contribution in [0.5, 0.6) is 0 Å². The summed E-state index contributed by atoms with van der Waals surface area (Å²) in [4.78, 5) is 5.12. The number of hydrogen-bond acceptors (Lipinski definition) is 2. The fourth-order valence-corrected chi connectivity index (χ4v) is 8.06. The Balaban J connectivity index is 1.24. The van der Waals surface area contributed by atoms with E-state index in [1.54, 1.807) is 0 Å². The van der Waals surface area contributed by atoms with E-state index in [9.17, 15) is 0 Å². The number of allylic oxidation sites excluding steroid dienone is 1. The predicted octanol–water partition coefficient (Wildman–Crippen LogP) is 11.8. The summed E-state index contributed by atoms with van der Waals surface area (Å²) >= 11 is 1.92. The van der Waals surface area contributed by atoms with Gasteiger partial charge in [0.1, 0.15) is 0 Å². The topological polar surface area (TPSA) is 3.24 Å². The van der Waals surface area contributed by atoms with E-state index in [1.807, 2.05) is 11.8 Å². The molecule has 0 amide bonds. The number of nitrogens with zero attached hydrogens (tertiary/aromatic N) is 1. The predicted molar refractivity (Wildman–Crippen MR) is 184 cm³/mol. The van der Waals surface area contributed by atoms with Crippen molar-refractivity contribution in [3.05, 3.63) is 157 Å². The van der Waals surface area contributed by atoms with E-state index in [2.05, 4.69) is 157 Å². The van der Waals surface area contributed by atoms with Crippen LogP contribution in [-0.4, -0.2) is 0 Å². The SMILES string of the molecule is C1=Cc2cccc3cc4c(c(c23)C1)Sc1cc(-c2ccccc2)ccc1N4c1ccc(-c2cccc3ccccc23)cc1. The second-order valence-electron chi connectivity index (χ2n) is 11.3. The molecule has 0 saturated heterocycles. The Bertz CT molecular complexity index is 2220. The fourth-order valence-electron chi connectivity index (χ4n) is 6.83. The van der Waals surface area contributed by atoms with Crippen LogP contribution in [0, 0.1) is 0 Å². The molecule has 9 rings (SSSR count). The van der Waals surface area contributed by atoms with Gasteiger partial charge in [-0.1, -0.05) is 133 Å². The molecule has 202 valence electrons. The summed E-state index contributed by atoms with van der Waals surface area (Å²) in [6.45, 7) is 0. The average Bonchev–Trinajstić information content (AvgIpc) is 3.08. The molecule has 0 spiro atoms. The molecular formula is C41H27NS. The van der Waals surface area contributed by atoms with Crippen molar-refractivity contribution in [1.29, 1.82) is 0 Å². The van der Waals surface area contributed by atoms with Gasteiger partial charge in [0, 0.05) is 15.5 Å². The highest BCUT2D eigenvalue weighted by molar-refractivity contribution is 7.99. The van der Waals surface area contributed by atoms with E-state index in [-0.39, 0.29) is 0 Å². The number of anilines is 3. The van der Waals surface area contributed by atoms with E-state index in [1.165, 1.54) is 81.8 Å². The van der Waals surface area contributed by atoms with Gasteiger partial charge in [-0.25, -0.2) is 0 Å². The Hall–Kier alpha value is -5.05. The van der Waals surface area contributed by atoms with E-state index in [0.717, 1.165) is 6.42 Å². The zero-order valence-electron chi connectivity index (χ0n) is 23.5. The van der Waals surface area contributed by atoms with Crippen molar-refractivity contribution in [2.24, 2.45) is 0 Å². The molecule has 0 atom stereocenters. The maximum atomic E-state index is 2.48. The van der Waals surface area contributed by atoms with Crippen molar-refractivity contribution >= 4 is 56.4 Å². The highest BCUT2D eigenvalue weighted by Gasteiger charge is 2.29. The Morgan fingerprint density at radius 3 is 2.23 bits per heavy atom. The molecule has 0 saturated carbocycles. The van der Waals surface area contributed by atoms with E-state index >= 15 is 0 Å². The number of hydrogen-bond donors (Lipinski definition) is 0. The molecule has 43 heavy (non-hydrogen) atoms. The third-order valence-corrected chi connectivity index (χ3v) is 10.0. The van der Waals surface area contributed by atoms with Gasteiger partial charge in [0.05, 0.1) is 11.4 Å². The number of fused-ring (bicyclic) bond motifs is 4. The first-order chi connectivity index (χ1) is 21.3. The van der Waals surface area contributed by atoms with E-state index in [4.69, 9.17) is 0 Å². The molecule has 1 heterocycles. The van der Waals surface area contributed by atoms with Crippen LogP contribution in [0.15, 0.2) is 155 Å². The van der Waals surface area contributed by atoms with Gasteiger partial charge in [0.25, 0.3) is 0 Å². The van der Waals surface area contributed by atoms with Gasteiger partial charge in [-0.2, -0.15) is 0 Å². The van der Waals surface area contributed by atoms with Gasteiger partial charge >= 0.3 is 0 Å². The first-order valence-electron chi connectivity index (χ1n) is 14.8. The summed E-state index contributed by atoms with van der Waals surface area (Å²) < 4.78 is 0. The maximum Gasteiger partial charge on any atom is 0.0610 e. The summed E-state index contributed by atoms with van der Waals surface area (Å²) in [6, 6.07) is 51.1. The largest absolute Gasteiger partial charge is 0.308 e. The Labute approximate surface area is 255 Å². The molecule has 0 radical (unpaired) electrons. The van der Waals surface area contributed by atoms with Crippen molar-refractivity contribution < 1.29 is 0 Å². The molecule has 1 aliphatic carbocycles. The average molecular weight is 566 g/mol. The van der Waals surface area contributed by atoms with Crippen molar-refractivity contribution in [3.63, 3.8) is 0 Å². The summed E-state index contributed by atoms with van der Waals surface area (Å²) in [7, 11) is 0. The van der Waals surface area contributed by atoms with Gasteiger partial charge in [-0.3, -0.25) is 0 Å². The minimum Gasteiger partial charge on any atom is -0.308 e. The molecule has 0 N–H and O–H groups in total. The molecule has 7 aromatic carbocycles. The molecule has 0 aromatic heterocycles. The number of rotatable bonds is 3. The monoisotopic (exact) mass is 565 g/mol. The van der Waals surface area contributed by atoms with Crippen LogP contribution in [0.3, 0.4) is 0 Å². The van der Waals surface area contributed by atoms with Gasteiger partial charge in [-0.15, -0.1) is 0 Å². The van der Waals surface area contributed by atoms with Crippen LogP contribution in [0.25, 0.3) is 49.9 Å². The first kappa shape index (κ1) is 24.5. The second-order valence-corrected chi connectivity index (χ2v) is 12.4. The number of benzene rings is 7. The minimum atomic E-state index is 0.950. The van der Waals surface area contributed by atoms with Crippen LogP contribution < -0.4 is 4.90 Å². The van der Waals surface area contributed by atoms with Crippen molar-refractivity contribution in [1.82, 2.24) is 0 Å². The van der Waals surface area contributed by atoms with Gasteiger partial charge in [-0.05, 0) is 91.7 Å². The lowest BCUT2D eigenvalue weighted by Gasteiger charge is -2.35. The molecule has 7 aromatic rings. The molecular weight excluding hydrogens is 539 g/mol. The summed E-state index contributed by atoms with van der Waals surface area (Å²) in [5.41, 5.74) is 11.4. The molecule has 1 aliphatic heterocycles. The zero-order valence-corrected chi connectivity index (χ0v) is 24.3. The molecule has 2 heteroatoms. The highest BCUT2D eigenvalue weighted by Crippen LogP contribution is 2.55. The van der Waals surface area contributed by atoms with Crippen molar-refractivity contribution in [2.45, 2.75) is 16.2 Å². The van der Waals surface area contributed by atoms with Crippen LogP contribution in [0.2, 0.25) is 0 Å². The lowest BCUT2D eigenvalue weighted by Crippen LogP contribution is -2.16. The minimum absolute atomic E-state index is 0.950. The highest BCUT2D eigenvalue weighted by atomic mass is 32.2. The summed E-state index contributed by atoms with van der Waals surface area (Å²) in [6.07, 6.45) is 5.54. The normalized spacial score (nSPS) is 13.3. The Morgan fingerprint density at radius 1 is 0.558 bits per heavy atom. The quantitative estimate of drug-likeness (QED) is 0.210. The fraction of sp³-hybridized carbons (Fsp3) is 0.0244. The molecule has 0 fully saturated rings. The molecule has 0 unspecified atom stereocenters. The van der Waals surface area contributed by atoms with Crippen molar-refractivity contribution in [3.8, 4) is 22.3 Å². The molecule has 0 bridgehead atoms. The summed E-state index contributed by atoms with van der Waals surface area (Å²) in [5.74, 6) is 0. The van der Waals surface area contributed by atoms with Gasteiger partial charge in [0.15, 0.2) is 0 Å². The molecule has 2 aliphatic rings. The van der Waals surface area contributed by atoms with Crippen LogP contribution in [0.4, 0.5) is 17.1 Å². The summed E-state index contributed by atoms with van der Waals surface area (Å²) in [5, 5.41) is 5.25. The second kappa shape index (κ2) is 9.76. The molecule has 1 nitrogen and oxygen atoms in total. The van der Waals surface area contributed by atoms with Crippen molar-refractivity contribution in [2.75, 3.05) is 4.90 Å². The van der Waals surface area contributed by atoms with E-state index in [0.29, 0.717) is 0 Å². The standard InChI is InChI=1S/C41H27NS/c1-2-9-27(10-3-1)31-21-24-37-39(26-31)43-41-36-18-8-14-30-13-6-15-32(40(30)36)25-38(41)42(37)33-22-19-29(20-23-33)35-17-7-12-28-11-4-5-16-34(28)35/h1-17,19-26H,18H2. The third-order valence-electron chi connectivity index (χ3n) is 8.84.